The molecule has 22 heavy (non-hydrogen) atoms. The molecule has 0 spiro atoms. The number of aromatic nitrogens is 2. The molecule has 1 fully saturated rings. The summed E-state index contributed by atoms with van der Waals surface area (Å²) in [5.41, 5.74) is 4.91. The first kappa shape index (κ1) is 13.3. The Hall–Kier alpha value is -2.42. The Bertz CT molecular complexity index is 888. The first-order valence-electron chi connectivity index (χ1n) is 7.74. The third-order valence-corrected chi connectivity index (χ3v) is 4.26. The van der Waals surface area contributed by atoms with E-state index in [9.17, 15) is 4.79 Å². The van der Waals surface area contributed by atoms with Crippen LogP contribution in [0, 0.1) is 19.8 Å². The van der Waals surface area contributed by atoms with Crippen molar-refractivity contribution in [2.45, 2.75) is 26.7 Å². The van der Waals surface area contributed by atoms with Crippen molar-refractivity contribution in [2.24, 2.45) is 5.92 Å². The van der Waals surface area contributed by atoms with E-state index in [1.165, 1.54) is 0 Å². The normalized spacial score (nSPS) is 14.5. The summed E-state index contributed by atoms with van der Waals surface area (Å²) >= 11 is 0. The molecule has 0 unspecified atom stereocenters. The van der Waals surface area contributed by atoms with Crippen molar-refractivity contribution >= 4 is 16.7 Å². The zero-order valence-electron chi connectivity index (χ0n) is 12.8. The molecule has 1 aliphatic carbocycles. The molecular weight excluding hydrogens is 272 g/mol. The van der Waals surface area contributed by atoms with Gasteiger partial charge in [0, 0.05) is 11.3 Å². The molecule has 3 aromatic rings. The highest BCUT2D eigenvalue weighted by atomic mass is 16.1. The SMILES string of the molecule is Cc1cccc(-n2nc3cc(C)ccc3c2C(=O)C2CC2)c1. The second kappa shape index (κ2) is 4.80. The second-order valence-corrected chi connectivity index (χ2v) is 6.26. The van der Waals surface area contributed by atoms with Crippen molar-refractivity contribution in [3.8, 4) is 5.69 Å². The summed E-state index contributed by atoms with van der Waals surface area (Å²) in [6, 6.07) is 14.3. The summed E-state index contributed by atoms with van der Waals surface area (Å²) in [5.74, 6) is 0.414. The van der Waals surface area contributed by atoms with Gasteiger partial charge in [0.1, 0.15) is 5.69 Å². The standard InChI is InChI=1S/C19H18N2O/c1-12-4-3-5-15(10-12)21-18(19(22)14-7-8-14)16-9-6-13(2)11-17(16)20-21/h3-6,9-11,14H,7-8H2,1-2H3. The maximum absolute atomic E-state index is 12.8. The van der Waals surface area contributed by atoms with E-state index in [0.29, 0.717) is 0 Å². The fourth-order valence-corrected chi connectivity index (χ4v) is 2.92. The van der Waals surface area contributed by atoms with Crippen molar-refractivity contribution in [1.29, 1.82) is 0 Å². The van der Waals surface area contributed by atoms with Gasteiger partial charge in [-0.15, -0.1) is 0 Å². The molecule has 4 rings (SSSR count). The van der Waals surface area contributed by atoms with Gasteiger partial charge in [0.2, 0.25) is 0 Å². The highest BCUT2D eigenvalue weighted by molar-refractivity contribution is 6.08. The van der Waals surface area contributed by atoms with Crippen LogP contribution in [0.4, 0.5) is 0 Å². The van der Waals surface area contributed by atoms with Crippen LogP contribution >= 0.6 is 0 Å². The molecule has 1 aliphatic rings. The number of carbonyl (C=O) groups is 1. The lowest BCUT2D eigenvalue weighted by molar-refractivity contribution is 0.0961. The Kier molecular flexibility index (Phi) is 2.89. The Balaban J connectivity index is 1.99. The zero-order valence-corrected chi connectivity index (χ0v) is 12.8. The summed E-state index contributed by atoms with van der Waals surface area (Å²) < 4.78 is 1.83. The molecule has 0 aliphatic heterocycles. The summed E-state index contributed by atoms with van der Waals surface area (Å²) in [6.07, 6.45) is 2.01. The molecule has 3 heteroatoms. The van der Waals surface area contributed by atoms with Crippen LogP contribution in [-0.4, -0.2) is 15.6 Å². The van der Waals surface area contributed by atoms with Crippen LogP contribution in [0.3, 0.4) is 0 Å². The number of hydrogen-bond donors (Lipinski definition) is 0. The van der Waals surface area contributed by atoms with Crippen LogP contribution in [0.5, 0.6) is 0 Å². The van der Waals surface area contributed by atoms with E-state index in [1.807, 2.05) is 41.9 Å². The maximum atomic E-state index is 12.8. The fraction of sp³-hybridized carbons (Fsp3) is 0.263. The molecular formula is C19H18N2O. The molecule has 0 amide bonds. The van der Waals surface area contributed by atoms with Crippen LogP contribution in [0.1, 0.15) is 34.5 Å². The molecule has 1 aromatic heterocycles. The van der Waals surface area contributed by atoms with E-state index in [0.717, 1.165) is 46.3 Å². The smallest absolute Gasteiger partial charge is 0.185 e. The number of carbonyl (C=O) groups excluding carboxylic acids is 1. The molecule has 2 aromatic carbocycles. The summed E-state index contributed by atoms with van der Waals surface area (Å²) in [6.45, 7) is 4.10. The van der Waals surface area contributed by atoms with Crippen LogP contribution in [0.25, 0.3) is 16.6 Å². The van der Waals surface area contributed by atoms with E-state index in [4.69, 9.17) is 5.10 Å². The number of fused-ring (bicyclic) bond motifs is 1. The molecule has 0 bridgehead atoms. The van der Waals surface area contributed by atoms with Crippen molar-refractivity contribution in [3.63, 3.8) is 0 Å². The Morgan fingerprint density at radius 3 is 2.59 bits per heavy atom. The molecule has 0 radical (unpaired) electrons. The third kappa shape index (κ3) is 2.13. The minimum atomic E-state index is 0.185. The molecule has 0 saturated heterocycles. The van der Waals surface area contributed by atoms with Crippen LogP contribution in [0.15, 0.2) is 42.5 Å². The Labute approximate surface area is 129 Å². The van der Waals surface area contributed by atoms with Crippen molar-refractivity contribution in [2.75, 3.05) is 0 Å². The summed E-state index contributed by atoms with van der Waals surface area (Å²) in [7, 11) is 0. The molecule has 0 N–H and O–H groups in total. The predicted molar refractivity (Wildman–Crippen MR) is 87.6 cm³/mol. The van der Waals surface area contributed by atoms with Gasteiger partial charge in [0.15, 0.2) is 5.78 Å². The summed E-state index contributed by atoms with van der Waals surface area (Å²) in [5, 5.41) is 5.67. The van der Waals surface area contributed by atoms with E-state index in [2.05, 4.69) is 19.1 Å². The molecule has 110 valence electrons. The van der Waals surface area contributed by atoms with E-state index >= 15 is 0 Å². The first-order chi connectivity index (χ1) is 10.6. The zero-order chi connectivity index (χ0) is 15.3. The third-order valence-electron chi connectivity index (χ3n) is 4.26. The number of ketones is 1. The van der Waals surface area contributed by atoms with Crippen molar-refractivity contribution in [1.82, 2.24) is 9.78 Å². The molecule has 3 nitrogen and oxygen atoms in total. The fourth-order valence-electron chi connectivity index (χ4n) is 2.92. The van der Waals surface area contributed by atoms with Crippen LogP contribution in [0.2, 0.25) is 0 Å². The predicted octanol–water partition coefficient (Wildman–Crippen LogP) is 4.24. The monoisotopic (exact) mass is 290 g/mol. The minimum absolute atomic E-state index is 0.185. The Morgan fingerprint density at radius 1 is 1.09 bits per heavy atom. The average Bonchev–Trinajstić information content (AvgIpc) is 3.27. The van der Waals surface area contributed by atoms with E-state index in [-0.39, 0.29) is 11.7 Å². The van der Waals surface area contributed by atoms with E-state index in [1.54, 1.807) is 0 Å². The van der Waals surface area contributed by atoms with Crippen molar-refractivity contribution < 1.29 is 4.79 Å². The van der Waals surface area contributed by atoms with Gasteiger partial charge in [0.25, 0.3) is 0 Å². The number of rotatable bonds is 3. The number of nitrogens with zero attached hydrogens (tertiary/aromatic N) is 2. The number of benzene rings is 2. The van der Waals surface area contributed by atoms with Gasteiger partial charge in [0.05, 0.1) is 11.2 Å². The quantitative estimate of drug-likeness (QED) is 0.676. The number of hydrogen-bond acceptors (Lipinski definition) is 2. The highest BCUT2D eigenvalue weighted by Gasteiger charge is 2.34. The summed E-state index contributed by atoms with van der Waals surface area (Å²) in [4.78, 5) is 12.8. The number of aryl methyl sites for hydroxylation is 2. The van der Waals surface area contributed by atoms with Crippen molar-refractivity contribution in [3.05, 3.63) is 59.3 Å². The van der Waals surface area contributed by atoms with Gasteiger partial charge in [-0.2, -0.15) is 5.10 Å². The minimum Gasteiger partial charge on any atom is -0.292 e. The maximum Gasteiger partial charge on any atom is 0.185 e. The van der Waals surface area contributed by atoms with Gasteiger partial charge in [-0.25, -0.2) is 4.68 Å². The van der Waals surface area contributed by atoms with E-state index < -0.39 is 0 Å². The van der Waals surface area contributed by atoms with Gasteiger partial charge in [-0.3, -0.25) is 4.79 Å². The van der Waals surface area contributed by atoms with Gasteiger partial charge < -0.3 is 0 Å². The van der Waals surface area contributed by atoms with Crippen LogP contribution in [-0.2, 0) is 0 Å². The largest absolute Gasteiger partial charge is 0.292 e. The molecule has 0 atom stereocenters. The lowest BCUT2D eigenvalue weighted by Crippen LogP contribution is -2.10. The first-order valence-corrected chi connectivity index (χ1v) is 7.74. The Morgan fingerprint density at radius 2 is 1.86 bits per heavy atom. The molecule has 1 heterocycles. The second-order valence-electron chi connectivity index (χ2n) is 6.26. The van der Waals surface area contributed by atoms with Gasteiger partial charge in [-0.1, -0.05) is 24.3 Å². The van der Waals surface area contributed by atoms with Gasteiger partial charge in [-0.05, 0) is 56.0 Å². The lowest BCUT2D eigenvalue weighted by atomic mass is 10.1. The average molecular weight is 290 g/mol. The number of Topliss-reactive ketones (excluding diaryl/α,β-unsaturated/α-hetero) is 1. The highest BCUT2D eigenvalue weighted by Crippen LogP contribution is 2.35. The van der Waals surface area contributed by atoms with Crippen LogP contribution < -0.4 is 0 Å². The van der Waals surface area contributed by atoms with Gasteiger partial charge >= 0.3 is 0 Å². The lowest BCUT2D eigenvalue weighted by Gasteiger charge is -2.07. The topological polar surface area (TPSA) is 34.9 Å². The molecule has 1 saturated carbocycles.